The Morgan fingerprint density at radius 2 is 1.55 bits per heavy atom. The Kier molecular flexibility index (Phi) is 5.17. The van der Waals surface area contributed by atoms with E-state index in [0.29, 0.717) is 11.0 Å². The van der Waals surface area contributed by atoms with E-state index < -0.39 is 0 Å². The molecule has 0 saturated carbocycles. The minimum atomic E-state index is -0.0370. The van der Waals surface area contributed by atoms with Gasteiger partial charge in [-0.2, -0.15) is 0 Å². The number of nitrogen functional groups attached to an aromatic ring is 1. The van der Waals surface area contributed by atoms with Gasteiger partial charge < -0.3 is 5.84 Å². The second-order valence-electron chi connectivity index (χ2n) is 7.10. The fourth-order valence-corrected chi connectivity index (χ4v) is 5.20. The molecule has 8 heteroatoms. The third kappa shape index (κ3) is 3.68. The summed E-state index contributed by atoms with van der Waals surface area (Å²) >= 11 is 2.96. The average Bonchev–Trinajstić information content (AvgIpc) is 3.16. The first-order chi connectivity index (χ1) is 15.1. The lowest BCUT2D eigenvalue weighted by molar-refractivity contribution is -0.115. The first-order valence-corrected chi connectivity index (χ1v) is 11.5. The van der Waals surface area contributed by atoms with Crippen LogP contribution in [0.3, 0.4) is 0 Å². The lowest BCUT2D eigenvalue weighted by Crippen LogP contribution is -2.30. The SMILES string of the molecule is Cc1ccc(-c2nnc(SCC(=O)N3c4ccccc4Sc4ccccc43)n2N)cc1. The molecule has 31 heavy (non-hydrogen) atoms. The van der Waals surface area contributed by atoms with Gasteiger partial charge in [0.25, 0.3) is 0 Å². The number of benzene rings is 3. The summed E-state index contributed by atoms with van der Waals surface area (Å²) in [5.41, 5.74) is 3.83. The maximum absolute atomic E-state index is 13.3. The first kappa shape index (κ1) is 19.7. The van der Waals surface area contributed by atoms with E-state index in [1.54, 1.807) is 16.7 Å². The van der Waals surface area contributed by atoms with Crippen molar-refractivity contribution in [3.05, 3.63) is 78.4 Å². The van der Waals surface area contributed by atoms with Crippen molar-refractivity contribution in [1.82, 2.24) is 14.9 Å². The van der Waals surface area contributed by atoms with Crippen LogP contribution in [0, 0.1) is 6.92 Å². The Morgan fingerprint density at radius 1 is 0.935 bits per heavy atom. The van der Waals surface area contributed by atoms with E-state index in [1.165, 1.54) is 16.4 Å². The molecule has 0 unspecified atom stereocenters. The van der Waals surface area contributed by atoms with Crippen LogP contribution in [0.2, 0.25) is 0 Å². The van der Waals surface area contributed by atoms with Crippen molar-refractivity contribution in [3.63, 3.8) is 0 Å². The zero-order valence-corrected chi connectivity index (χ0v) is 18.4. The molecule has 1 amide bonds. The summed E-state index contributed by atoms with van der Waals surface area (Å²) in [6.07, 6.45) is 0. The zero-order chi connectivity index (χ0) is 21.4. The standard InChI is InChI=1S/C23H19N5OS2/c1-15-10-12-16(13-11-15)22-25-26-23(28(22)24)30-14-21(29)27-17-6-2-4-8-19(17)31-20-9-5-3-7-18(20)27/h2-13H,14,24H2,1H3. The van der Waals surface area contributed by atoms with Crippen molar-refractivity contribution in [1.29, 1.82) is 0 Å². The molecule has 0 atom stereocenters. The van der Waals surface area contributed by atoms with Crippen molar-refractivity contribution >= 4 is 40.8 Å². The number of carbonyl (C=O) groups is 1. The molecule has 6 nitrogen and oxygen atoms in total. The molecule has 0 bridgehead atoms. The van der Waals surface area contributed by atoms with Crippen LogP contribution in [0.15, 0.2) is 87.7 Å². The van der Waals surface area contributed by atoms with Crippen LogP contribution in [0.25, 0.3) is 11.4 Å². The van der Waals surface area contributed by atoms with E-state index in [-0.39, 0.29) is 11.7 Å². The lowest BCUT2D eigenvalue weighted by Gasteiger charge is -2.30. The van der Waals surface area contributed by atoms with Crippen molar-refractivity contribution < 1.29 is 4.79 Å². The maximum Gasteiger partial charge on any atom is 0.242 e. The molecule has 0 spiro atoms. The van der Waals surface area contributed by atoms with Gasteiger partial charge in [0.2, 0.25) is 11.1 Å². The van der Waals surface area contributed by atoms with Gasteiger partial charge in [0.15, 0.2) is 5.82 Å². The van der Waals surface area contributed by atoms with E-state index in [4.69, 9.17) is 5.84 Å². The van der Waals surface area contributed by atoms with Gasteiger partial charge in [-0.05, 0) is 31.2 Å². The summed E-state index contributed by atoms with van der Waals surface area (Å²) in [5, 5.41) is 8.91. The van der Waals surface area contributed by atoms with E-state index in [9.17, 15) is 4.79 Å². The number of rotatable bonds is 4. The van der Waals surface area contributed by atoms with Crippen LogP contribution in [0.4, 0.5) is 11.4 Å². The molecular formula is C23H19N5OS2. The van der Waals surface area contributed by atoms with Crippen LogP contribution in [-0.4, -0.2) is 26.5 Å². The van der Waals surface area contributed by atoms with Crippen LogP contribution in [0.1, 0.15) is 5.56 Å². The van der Waals surface area contributed by atoms with Crippen molar-refractivity contribution in [2.45, 2.75) is 21.9 Å². The highest BCUT2D eigenvalue weighted by molar-refractivity contribution is 8.00. The minimum Gasteiger partial charge on any atom is -0.335 e. The van der Waals surface area contributed by atoms with E-state index in [1.807, 2.05) is 79.7 Å². The van der Waals surface area contributed by atoms with Gasteiger partial charge in [-0.1, -0.05) is 77.6 Å². The largest absolute Gasteiger partial charge is 0.335 e. The third-order valence-corrected chi connectivity index (χ3v) is 7.04. The Labute approximate surface area is 188 Å². The fraction of sp³-hybridized carbons (Fsp3) is 0.0870. The Morgan fingerprint density at radius 3 is 2.19 bits per heavy atom. The van der Waals surface area contributed by atoms with Crippen LogP contribution in [-0.2, 0) is 4.79 Å². The molecule has 3 aromatic carbocycles. The number of nitrogens with two attached hydrogens (primary N) is 1. The average molecular weight is 446 g/mol. The molecule has 4 aromatic rings. The molecule has 2 heterocycles. The van der Waals surface area contributed by atoms with Gasteiger partial charge in [0, 0.05) is 15.4 Å². The number of thioether (sulfide) groups is 1. The Balaban J connectivity index is 1.39. The topological polar surface area (TPSA) is 77.0 Å². The molecule has 1 aromatic heterocycles. The van der Waals surface area contributed by atoms with Crippen molar-refractivity contribution in [3.8, 4) is 11.4 Å². The van der Waals surface area contributed by atoms with Crippen LogP contribution in [0.5, 0.6) is 0 Å². The van der Waals surface area contributed by atoms with Crippen molar-refractivity contribution in [2.75, 3.05) is 16.5 Å². The molecule has 5 rings (SSSR count). The predicted molar refractivity (Wildman–Crippen MR) is 125 cm³/mol. The monoisotopic (exact) mass is 445 g/mol. The summed E-state index contributed by atoms with van der Waals surface area (Å²) < 4.78 is 1.44. The third-order valence-electron chi connectivity index (χ3n) is 4.98. The number of nitrogens with zero attached hydrogens (tertiary/aromatic N) is 4. The lowest BCUT2D eigenvalue weighted by atomic mass is 10.1. The number of anilines is 2. The van der Waals surface area contributed by atoms with Gasteiger partial charge in [-0.3, -0.25) is 9.69 Å². The van der Waals surface area contributed by atoms with Gasteiger partial charge in [0.05, 0.1) is 17.1 Å². The summed E-state index contributed by atoms with van der Waals surface area (Å²) in [6.45, 7) is 2.03. The highest BCUT2D eigenvalue weighted by Gasteiger charge is 2.28. The number of hydrogen-bond acceptors (Lipinski definition) is 6. The molecule has 0 aliphatic carbocycles. The van der Waals surface area contributed by atoms with E-state index in [2.05, 4.69) is 10.2 Å². The molecule has 154 valence electrons. The molecule has 1 aliphatic rings. The molecule has 0 saturated heterocycles. The molecule has 2 N–H and O–H groups in total. The summed E-state index contributed by atoms with van der Waals surface area (Å²) in [5.74, 6) is 6.96. The Bertz CT molecular complexity index is 1220. The quantitative estimate of drug-likeness (QED) is 0.356. The van der Waals surface area contributed by atoms with Gasteiger partial charge in [-0.15, -0.1) is 10.2 Å². The van der Waals surface area contributed by atoms with Crippen LogP contribution >= 0.6 is 23.5 Å². The number of fused-ring (bicyclic) bond motifs is 2. The highest BCUT2D eigenvalue weighted by Crippen LogP contribution is 2.48. The fourth-order valence-electron chi connectivity index (χ4n) is 3.44. The Hall–Kier alpha value is -3.23. The number of aryl methyl sites for hydroxylation is 1. The number of aromatic nitrogens is 3. The normalized spacial score (nSPS) is 12.4. The number of carbonyl (C=O) groups excluding carboxylic acids is 1. The summed E-state index contributed by atoms with van der Waals surface area (Å²) in [6, 6.07) is 23.8. The van der Waals surface area contributed by atoms with Gasteiger partial charge in [-0.25, -0.2) is 4.68 Å². The number of amides is 1. The van der Waals surface area contributed by atoms with Gasteiger partial charge >= 0.3 is 0 Å². The number of hydrogen-bond donors (Lipinski definition) is 1. The van der Waals surface area contributed by atoms with E-state index in [0.717, 1.165) is 32.3 Å². The smallest absolute Gasteiger partial charge is 0.242 e. The molecular weight excluding hydrogens is 426 g/mol. The zero-order valence-electron chi connectivity index (χ0n) is 16.7. The molecule has 1 aliphatic heterocycles. The highest BCUT2D eigenvalue weighted by atomic mass is 32.2. The van der Waals surface area contributed by atoms with E-state index >= 15 is 0 Å². The molecule has 0 fully saturated rings. The second-order valence-corrected chi connectivity index (χ2v) is 9.12. The number of para-hydroxylation sites is 2. The van der Waals surface area contributed by atoms with Crippen LogP contribution < -0.4 is 10.7 Å². The summed E-state index contributed by atoms with van der Waals surface area (Å²) in [7, 11) is 0. The second kappa shape index (κ2) is 8.13. The first-order valence-electron chi connectivity index (χ1n) is 9.71. The predicted octanol–water partition coefficient (Wildman–Crippen LogP) is 4.89. The van der Waals surface area contributed by atoms with Gasteiger partial charge in [0.1, 0.15) is 0 Å². The molecule has 0 radical (unpaired) electrons. The maximum atomic E-state index is 13.3. The summed E-state index contributed by atoms with van der Waals surface area (Å²) in [4.78, 5) is 17.2. The van der Waals surface area contributed by atoms with Crippen molar-refractivity contribution in [2.24, 2.45) is 0 Å². The minimum absolute atomic E-state index is 0.0370.